The summed E-state index contributed by atoms with van der Waals surface area (Å²) in [7, 11) is 0. The van der Waals surface area contributed by atoms with E-state index < -0.39 is 0 Å². The van der Waals surface area contributed by atoms with Gasteiger partial charge in [-0.05, 0) is 38.3 Å². The number of rotatable bonds is 7. The first kappa shape index (κ1) is 13.8. The number of unbranched alkanes of at least 4 members (excludes halogenated alkanes) is 1. The maximum absolute atomic E-state index is 12.7. The van der Waals surface area contributed by atoms with Crippen LogP contribution in [0.3, 0.4) is 0 Å². The number of aromatic nitrogens is 1. The lowest BCUT2D eigenvalue weighted by molar-refractivity contribution is 0.0741. The molecule has 1 amide bonds. The Labute approximate surface area is 115 Å². The molecule has 0 aliphatic heterocycles. The van der Waals surface area contributed by atoms with Crippen molar-refractivity contribution >= 4 is 11.7 Å². The van der Waals surface area contributed by atoms with Gasteiger partial charge in [-0.3, -0.25) is 4.79 Å². The smallest absolute Gasteiger partial charge is 0.257 e. The van der Waals surface area contributed by atoms with Gasteiger partial charge in [0.05, 0.1) is 5.56 Å². The van der Waals surface area contributed by atoms with Crippen LogP contribution in [0.1, 0.15) is 49.9 Å². The molecular formula is C15H23N3O. The molecule has 1 saturated carbocycles. The third-order valence-corrected chi connectivity index (χ3v) is 3.38. The van der Waals surface area contributed by atoms with Crippen LogP contribution >= 0.6 is 0 Å². The average Bonchev–Trinajstić information content (AvgIpc) is 3.24. The van der Waals surface area contributed by atoms with Crippen LogP contribution in [-0.2, 0) is 0 Å². The summed E-state index contributed by atoms with van der Waals surface area (Å²) in [6.45, 7) is 5.80. The second kappa shape index (κ2) is 6.55. The Morgan fingerprint density at radius 3 is 2.89 bits per heavy atom. The molecule has 1 aliphatic carbocycles. The molecular weight excluding hydrogens is 238 g/mol. The normalized spacial score (nSPS) is 14.2. The van der Waals surface area contributed by atoms with Crippen LogP contribution in [0.25, 0.3) is 0 Å². The molecule has 0 saturated heterocycles. The highest BCUT2D eigenvalue weighted by Crippen LogP contribution is 2.29. The van der Waals surface area contributed by atoms with Gasteiger partial charge in [-0.25, -0.2) is 4.98 Å². The number of anilines is 1. The molecule has 1 aromatic heterocycles. The van der Waals surface area contributed by atoms with Crippen molar-refractivity contribution in [2.45, 2.75) is 45.6 Å². The molecule has 1 heterocycles. The zero-order valence-electron chi connectivity index (χ0n) is 11.9. The van der Waals surface area contributed by atoms with Crippen LogP contribution in [-0.4, -0.2) is 34.9 Å². The summed E-state index contributed by atoms with van der Waals surface area (Å²) < 4.78 is 0. The van der Waals surface area contributed by atoms with E-state index in [-0.39, 0.29) is 5.91 Å². The molecule has 0 unspecified atom stereocenters. The summed E-state index contributed by atoms with van der Waals surface area (Å²) in [5.74, 6) is 0.831. The van der Waals surface area contributed by atoms with Crippen molar-refractivity contribution in [1.82, 2.24) is 9.88 Å². The number of hydrogen-bond acceptors (Lipinski definition) is 3. The Morgan fingerprint density at radius 2 is 2.26 bits per heavy atom. The van der Waals surface area contributed by atoms with Gasteiger partial charge in [0.15, 0.2) is 0 Å². The van der Waals surface area contributed by atoms with Gasteiger partial charge in [-0.2, -0.15) is 0 Å². The molecule has 2 rings (SSSR count). The molecule has 104 valence electrons. The monoisotopic (exact) mass is 261 g/mol. The molecule has 0 bridgehead atoms. The summed E-state index contributed by atoms with van der Waals surface area (Å²) in [6, 6.07) is 4.15. The highest BCUT2D eigenvalue weighted by molar-refractivity contribution is 5.99. The highest BCUT2D eigenvalue weighted by Gasteiger charge is 2.33. The molecule has 0 radical (unpaired) electrons. The minimum Gasteiger partial charge on any atom is -0.370 e. The van der Waals surface area contributed by atoms with Gasteiger partial charge in [0, 0.05) is 25.3 Å². The zero-order chi connectivity index (χ0) is 13.7. The zero-order valence-corrected chi connectivity index (χ0v) is 11.9. The summed E-state index contributed by atoms with van der Waals surface area (Å²) in [5.41, 5.74) is 0.701. The molecule has 0 spiro atoms. The minimum absolute atomic E-state index is 0.125. The Morgan fingerprint density at radius 1 is 1.47 bits per heavy atom. The van der Waals surface area contributed by atoms with Crippen LogP contribution in [0, 0.1) is 0 Å². The first-order chi connectivity index (χ1) is 9.27. The SMILES string of the molecule is CCCCN(C(=O)c1cccnc1NCC)C1CC1. The Kier molecular flexibility index (Phi) is 4.77. The highest BCUT2D eigenvalue weighted by atomic mass is 16.2. The van der Waals surface area contributed by atoms with Gasteiger partial charge >= 0.3 is 0 Å². The number of amides is 1. The second-order valence-electron chi connectivity index (χ2n) is 5.01. The number of carbonyl (C=O) groups excluding carboxylic acids is 1. The fraction of sp³-hybridized carbons (Fsp3) is 0.600. The first-order valence-electron chi connectivity index (χ1n) is 7.27. The molecule has 0 aromatic carbocycles. The van der Waals surface area contributed by atoms with Crippen LogP contribution < -0.4 is 5.32 Å². The fourth-order valence-corrected chi connectivity index (χ4v) is 2.21. The topological polar surface area (TPSA) is 45.2 Å². The van der Waals surface area contributed by atoms with E-state index in [1.807, 2.05) is 24.0 Å². The van der Waals surface area contributed by atoms with Crippen LogP contribution in [0.2, 0.25) is 0 Å². The summed E-state index contributed by atoms with van der Waals surface area (Å²) in [6.07, 6.45) is 6.20. The predicted molar refractivity (Wildman–Crippen MR) is 77.4 cm³/mol. The van der Waals surface area contributed by atoms with Crippen molar-refractivity contribution in [3.05, 3.63) is 23.9 Å². The lowest BCUT2D eigenvalue weighted by Crippen LogP contribution is -2.34. The van der Waals surface area contributed by atoms with E-state index in [1.54, 1.807) is 6.20 Å². The minimum atomic E-state index is 0.125. The fourth-order valence-electron chi connectivity index (χ4n) is 2.21. The van der Waals surface area contributed by atoms with Gasteiger partial charge in [-0.1, -0.05) is 13.3 Å². The predicted octanol–water partition coefficient (Wildman–Crippen LogP) is 2.92. The number of nitrogens with one attached hydrogen (secondary N) is 1. The third kappa shape index (κ3) is 3.46. The quantitative estimate of drug-likeness (QED) is 0.821. The maximum atomic E-state index is 12.7. The molecule has 0 atom stereocenters. The van der Waals surface area contributed by atoms with Crippen molar-refractivity contribution in [1.29, 1.82) is 0 Å². The van der Waals surface area contributed by atoms with Gasteiger partial charge in [-0.15, -0.1) is 0 Å². The molecule has 1 N–H and O–H groups in total. The van der Waals surface area contributed by atoms with Gasteiger partial charge in [0.1, 0.15) is 5.82 Å². The molecule has 1 fully saturated rings. The van der Waals surface area contributed by atoms with E-state index in [2.05, 4.69) is 17.2 Å². The standard InChI is InChI=1S/C15H23N3O/c1-3-5-11-18(12-8-9-12)15(19)13-7-6-10-17-14(13)16-4-2/h6-7,10,12H,3-5,8-9,11H2,1-2H3,(H,16,17). The van der Waals surface area contributed by atoms with Crippen LogP contribution in [0.5, 0.6) is 0 Å². The molecule has 4 nitrogen and oxygen atoms in total. The molecule has 19 heavy (non-hydrogen) atoms. The van der Waals surface area contributed by atoms with Gasteiger partial charge in [0.2, 0.25) is 0 Å². The van der Waals surface area contributed by atoms with Crippen LogP contribution in [0.4, 0.5) is 5.82 Å². The number of hydrogen-bond donors (Lipinski definition) is 1. The van der Waals surface area contributed by atoms with Crippen LogP contribution in [0.15, 0.2) is 18.3 Å². The largest absolute Gasteiger partial charge is 0.370 e. The van der Waals surface area contributed by atoms with Crippen molar-refractivity contribution in [3.8, 4) is 0 Å². The van der Waals surface area contributed by atoms with Crippen molar-refractivity contribution in [2.75, 3.05) is 18.4 Å². The van der Waals surface area contributed by atoms with Gasteiger partial charge < -0.3 is 10.2 Å². The Balaban J connectivity index is 2.16. The van der Waals surface area contributed by atoms with Crippen molar-refractivity contribution in [3.63, 3.8) is 0 Å². The summed E-state index contributed by atoms with van der Waals surface area (Å²) >= 11 is 0. The van der Waals surface area contributed by atoms with Gasteiger partial charge in [0.25, 0.3) is 5.91 Å². The van der Waals surface area contributed by atoms with E-state index in [0.29, 0.717) is 17.4 Å². The summed E-state index contributed by atoms with van der Waals surface area (Å²) in [5, 5.41) is 3.17. The maximum Gasteiger partial charge on any atom is 0.257 e. The molecule has 1 aromatic rings. The van der Waals surface area contributed by atoms with Crippen molar-refractivity contribution < 1.29 is 4.79 Å². The van der Waals surface area contributed by atoms with E-state index in [0.717, 1.165) is 38.8 Å². The number of pyridine rings is 1. The number of nitrogens with zero attached hydrogens (tertiary/aromatic N) is 2. The Hall–Kier alpha value is -1.58. The van der Waals surface area contributed by atoms with E-state index in [1.165, 1.54) is 0 Å². The molecule has 1 aliphatic rings. The van der Waals surface area contributed by atoms with E-state index in [9.17, 15) is 4.79 Å². The van der Waals surface area contributed by atoms with Crippen molar-refractivity contribution in [2.24, 2.45) is 0 Å². The first-order valence-corrected chi connectivity index (χ1v) is 7.27. The lowest BCUT2D eigenvalue weighted by atomic mass is 10.2. The lowest BCUT2D eigenvalue weighted by Gasteiger charge is -2.23. The van der Waals surface area contributed by atoms with E-state index in [4.69, 9.17) is 0 Å². The third-order valence-electron chi connectivity index (χ3n) is 3.38. The average molecular weight is 261 g/mol. The number of carbonyl (C=O) groups is 1. The second-order valence-corrected chi connectivity index (χ2v) is 5.01. The molecule has 4 heteroatoms. The summed E-state index contributed by atoms with van der Waals surface area (Å²) in [4.78, 5) is 19.0. The Bertz CT molecular complexity index is 429. The van der Waals surface area contributed by atoms with E-state index >= 15 is 0 Å².